The van der Waals surface area contributed by atoms with E-state index in [0.29, 0.717) is 36.3 Å². The molecular weight excluding hydrogens is 586 g/mol. The molecule has 0 unspecified atom stereocenters. The van der Waals surface area contributed by atoms with Crippen LogP contribution < -0.4 is 5.32 Å². The summed E-state index contributed by atoms with van der Waals surface area (Å²) in [4.78, 5) is 17.7. The molecule has 0 aliphatic carbocycles. The number of carbonyl (C=O) groups excluding carboxylic acids is 1. The van der Waals surface area contributed by atoms with Crippen molar-refractivity contribution in [3.63, 3.8) is 0 Å². The van der Waals surface area contributed by atoms with Crippen molar-refractivity contribution in [2.24, 2.45) is 0 Å². The number of ether oxygens (including phenoxy) is 1. The standard InChI is InChI=1S/C31H38ClF4N5O2/c1-3-43-30(42)27-14-18-41(39-27)16-9-7-5-4-6-8-15-40-17-13-26(24(33)20-40)37-25-12-10-11-22-23(25)19-28(32)38-29(22)21(2)31(34,35)36/h10-12,14,18-19,24,26,37H,2-9,13,15-17,20H2,1H3/t24-,26+/m0/s1. The van der Waals surface area contributed by atoms with E-state index in [-0.39, 0.29) is 16.2 Å². The number of likely N-dealkylation sites (tertiary alicyclic amines) is 1. The molecular formula is C31H38ClF4N5O2. The number of allylic oxidation sites excluding steroid dienone is 1. The van der Waals surface area contributed by atoms with Crippen molar-refractivity contribution < 1.29 is 27.1 Å². The number of nitrogens with zero attached hydrogens (tertiary/aromatic N) is 4. The van der Waals surface area contributed by atoms with Crippen molar-refractivity contribution in [1.29, 1.82) is 0 Å². The lowest BCUT2D eigenvalue weighted by molar-refractivity contribution is -0.0688. The molecule has 0 spiro atoms. The summed E-state index contributed by atoms with van der Waals surface area (Å²) in [6.07, 6.45) is 2.91. The Morgan fingerprint density at radius 2 is 1.84 bits per heavy atom. The third kappa shape index (κ3) is 8.92. The average molecular weight is 624 g/mol. The molecule has 0 amide bonds. The molecule has 0 radical (unpaired) electrons. The topological polar surface area (TPSA) is 72.3 Å². The number of nitrogens with one attached hydrogen (secondary N) is 1. The Morgan fingerprint density at radius 3 is 2.53 bits per heavy atom. The summed E-state index contributed by atoms with van der Waals surface area (Å²) in [5.74, 6) is -0.401. The van der Waals surface area contributed by atoms with Crippen molar-refractivity contribution in [3.8, 4) is 0 Å². The molecule has 12 heteroatoms. The molecule has 1 fully saturated rings. The monoisotopic (exact) mass is 623 g/mol. The highest BCUT2D eigenvalue weighted by molar-refractivity contribution is 6.30. The van der Waals surface area contributed by atoms with Crippen LogP contribution >= 0.6 is 11.6 Å². The number of unbranched alkanes of at least 4 members (excludes halogenated alkanes) is 5. The molecule has 4 rings (SSSR count). The van der Waals surface area contributed by atoms with Gasteiger partial charge >= 0.3 is 12.1 Å². The zero-order valence-electron chi connectivity index (χ0n) is 24.3. The Bertz CT molecular complexity index is 1400. The summed E-state index contributed by atoms with van der Waals surface area (Å²) >= 11 is 6.08. The lowest BCUT2D eigenvalue weighted by Gasteiger charge is -2.35. The number of halogens is 5. The Labute approximate surface area is 254 Å². The summed E-state index contributed by atoms with van der Waals surface area (Å²) in [6, 6.07) is 7.57. The summed E-state index contributed by atoms with van der Waals surface area (Å²) in [7, 11) is 0. The van der Waals surface area contributed by atoms with Crippen LogP contribution in [0.5, 0.6) is 0 Å². The van der Waals surface area contributed by atoms with Crippen LogP contribution in [0.2, 0.25) is 5.15 Å². The lowest BCUT2D eigenvalue weighted by Crippen LogP contribution is -2.48. The number of pyridine rings is 1. The Balaban J connectivity index is 1.17. The van der Waals surface area contributed by atoms with Gasteiger partial charge in [0.05, 0.1) is 23.9 Å². The van der Waals surface area contributed by atoms with Gasteiger partial charge in [0.15, 0.2) is 5.69 Å². The highest BCUT2D eigenvalue weighted by atomic mass is 35.5. The third-order valence-electron chi connectivity index (χ3n) is 7.67. The van der Waals surface area contributed by atoms with E-state index >= 15 is 4.39 Å². The zero-order chi connectivity index (χ0) is 31.0. The summed E-state index contributed by atoms with van der Waals surface area (Å²) < 4.78 is 62.1. The van der Waals surface area contributed by atoms with Gasteiger partial charge in [-0.1, -0.05) is 56.0 Å². The van der Waals surface area contributed by atoms with Crippen LogP contribution in [0, 0.1) is 0 Å². The highest BCUT2D eigenvalue weighted by Crippen LogP contribution is 2.38. The number of rotatable bonds is 14. The van der Waals surface area contributed by atoms with E-state index in [1.807, 2.05) is 0 Å². The maximum atomic E-state index is 15.2. The fraction of sp³-hybridized carbons (Fsp3) is 0.516. The van der Waals surface area contributed by atoms with Gasteiger partial charge < -0.3 is 15.0 Å². The first-order valence-corrected chi connectivity index (χ1v) is 15.1. The molecule has 1 N–H and O–H groups in total. The van der Waals surface area contributed by atoms with E-state index in [0.717, 1.165) is 58.2 Å². The average Bonchev–Trinajstić information content (AvgIpc) is 3.44. The number of aromatic nitrogens is 3. The minimum absolute atomic E-state index is 0.0868. The number of hydrogen-bond acceptors (Lipinski definition) is 6. The number of carbonyl (C=O) groups is 1. The van der Waals surface area contributed by atoms with Gasteiger partial charge in [-0.3, -0.25) is 4.68 Å². The first kappa shape index (κ1) is 32.7. The Hall–Kier alpha value is -3.18. The van der Waals surface area contributed by atoms with E-state index in [4.69, 9.17) is 16.3 Å². The number of aryl methyl sites for hydroxylation is 1. The number of esters is 1. The van der Waals surface area contributed by atoms with Crippen molar-refractivity contribution in [1.82, 2.24) is 19.7 Å². The van der Waals surface area contributed by atoms with Crippen molar-refractivity contribution in [3.05, 3.63) is 59.6 Å². The maximum Gasteiger partial charge on any atom is 0.417 e. The molecule has 1 saturated heterocycles. The van der Waals surface area contributed by atoms with E-state index < -0.39 is 29.9 Å². The first-order valence-electron chi connectivity index (χ1n) is 14.8. The third-order valence-corrected chi connectivity index (χ3v) is 7.87. The predicted octanol–water partition coefficient (Wildman–Crippen LogP) is 7.70. The highest BCUT2D eigenvalue weighted by Gasteiger charge is 2.35. The molecule has 43 heavy (non-hydrogen) atoms. The first-order chi connectivity index (χ1) is 20.6. The van der Waals surface area contributed by atoms with Gasteiger partial charge in [0.2, 0.25) is 0 Å². The number of alkyl halides is 4. The van der Waals surface area contributed by atoms with Gasteiger partial charge in [-0.2, -0.15) is 18.3 Å². The summed E-state index contributed by atoms with van der Waals surface area (Å²) in [5, 5.41) is 8.09. The second-order valence-corrected chi connectivity index (χ2v) is 11.2. The van der Waals surface area contributed by atoms with Gasteiger partial charge in [0.25, 0.3) is 0 Å². The summed E-state index contributed by atoms with van der Waals surface area (Å²) in [6.45, 7) is 7.89. The van der Waals surface area contributed by atoms with Gasteiger partial charge in [0, 0.05) is 42.3 Å². The normalized spacial score (nSPS) is 17.7. The number of anilines is 1. The van der Waals surface area contributed by atoms with E-state index in [9.17, 15) is 18.0 Å². The molecule has 1 aliphatic heterocycles. The Kier molecular flexibility index (Phi) is 11.4. The molecule has 3 aromatic rings. The molecule has 234 valence electrons. The second kappa shape index (κ2) is 15.0. The van der Waals surface area contributed by atoms with Crippen LogP contribution in [0.15, 0.2) is 43.1 Å². The van der Waals surface area contributed by atoms with Crippen molar-refractivity contribution in [2.75, 3.05) is 31.6 Å². The number of fused-ring (bicyclic) bond motifs is 1. The van der Waals surface area contributed by atoms with Gasteiger partial charge in [-0.15, -0.1) is 0 Å². The molecule has 2 atom stereocenters. The van der Waals surface area contributed by atoms with Crippen LogP contribution in [0.3, 0.4) is 0 Å². The van der Waals surface area contributed by atoms with Crippen molar-refractivity contribution in [2.45, 2.75) is 76.8 Å². The van der Waals surface area contributed by atoms with Gasteiger partial charge in [-0.25, -0.2) is 14.2 Å². The number of piperidine rings is 1. The van der Waals surface area contributed by atoms with Crippen LogP contribution in [-0.4, -0.2) is 70.3 Å². The molecule has 0 saturated carbocycles. The smallest absolute Gasteiger partial charge is 0.417 e. The SMILES string of the molecule is C=C(c1nc(Cl)cc2c(N[C@@H]3CCN(CCCCCCCCn4ccc(C(=O)OCC)n4)C[C@@H]3F)cccc12)C(F)(F)F. The van der Waals surface area contributed by atoms with Crippen LogP contribution in [0.1, 0.15) is 68.1 Å². The molecule has 1 aromatic carbocycles. The minimum atomic E-state index is -4.65. The second-order valence-electron chi connectivity index (χ2n) is 10.8. The molecule has 3 heterocycles. The van der Waals surface area contributed by atoms with Gasteiger partial charge in [-0.05, 0) is 50.9 Å². The van der Waals surface area contributed by atoms with Crippen LogP contribution in [0.4, 0.5) is 23.2 Å². The fourth-order valence-corrected chi connectivity index (χ4v) is 5.58. The van der Waals surface area contributed by atoms with Crippen LogP contribution in [-0.2, 0) is 11.3 Å². The molecule has 0 bridgehead atoms. The molecule has 1 aliphatic rings. The summed E-state index contributed by atoms with van der Waals surface area (Å²) in [5.41, 5.74) is -0.550. The van der Waals surface area contributed by atoms with Crippen molar-refractivity contribution >= 4 is 39.6 Å². The van der Waals surface area contributed by atoms with E-state index in [1.54, 1.807) is 36.0 Å². The van der Waals surface area contributed by atoms with E-state index in [1.165, 1.54) is 12.1 Å². The fourth-order valence-electron chi connectivity index (χ4n) is 5.39. The quantitative estimate of drug-likeness (QED) is 0.0859. The van der Waals surface area contributed by atoms with E-state index in [2.05, 4.69) is 26.9 Å². The number of benzene rings is 1. The number of hydrogen-bond donors (Lipinski definition) is 1. The van der Waals surface area contributed by atoms with Crippen LogP contribution in [0.25, 0.3) is 16.3 Å². The zero-order valence-corrected chi connectivity index (χ0v) is 25.1. The minimum Gasteiger partial charge on any atom is -0.461 e. The lowest BCUT2D eigenvalue weighted by atomic mass is 9.99. The Morgan fingerprint density at radius 1 is 1.12 bits per heavy atom. The molecule has 2 aromatic heterocycles. The predicted molar refractivity (Wildman–Crippen MR) is 161 cm³/mol. The molecule has 7 nitrogen and oxygen atoms in total. The van der Waals surface area contributed by atoms with Gasteiger partial charge in [0.1, 0.15) is 11.3 Å². The maximum absolute atomic E-state index is 15.2. The largest absolute Gasteiger partial charge is 0.461 e.